The van der Waals surface area contributed by atoms with Crippen LogP contribution in [0.25, 0.3) is 22.0 Å². The van der Waals surface area contributed by atoms with Gasteiger partial charge in [0.25, 0.3) is 0 Å². The Bertz CT molecular complexity index is 1690. The van der Waals surface area contributed by atoms with E-state index in [0.717, 1.165) is 57.4 Å². The number of nitrogens with one attached hydrogen (secondary N) is 1. The molecule has 1 N–H and O–H groups in total. The highest BCUT2D eigenvalue weighted by atomic mass is 19.4. The zero-order chi connectivity index (χ0) is 28.4. The van der Waals surface area contributed by atoms with Gasteiger partial charge in [-0.15, -0.1) is 0 Å². The Labute approximate surface area is 229 Å². The number of anilines is 2. The SMILES string of the molecule is CCc1ccc(C(C)CC(=O)c2cccc(C(F)(F)F)c2)cc1-c1ccc2nc(Nc3cnn(C)c3)ncc2c1. The third-order valence-corrected chi connectivity index (χ3v) is 6.94. The summed E-state index contributed by atoms with van der Waals surface area (Å²) < 4.78 is 41.0. The summed E-state index contributed by atoms with van der Waals surface area (Å²) in [5, 5.41) is 8.17. The summed E-state index contributed by atoms with van der Waals surface area (Å²) in [7, 11) is 1.84. The average Bonchev–Trinajstić information content (AvgIpc) is 3.36. The minimum Gasteiger partial charge on any atom is -0.321 e. The van der Waals surface area contributed by atoms with Crippen molar-refractivity contribution in [3.63, 3.8) is 0 Å². The summed E-state index contributed by atoms with van der Waals surface area (Å²) in [6, 6.07) is 16.7. The van der Waals surface area contributed by atoms with Gasteiger partial charge in [0, 0.05) is 36.8 Å². The second-order valence-corrected chi connectivity index (χ2v) is 9.87. The molecule has 0 fully saturated rings. The predicted molar refractivity (Wildman–Crippen MR) is 150 cm³/mol. The van der Waals surface area contributed by atoms with Crippen molar-refractivity contribution in [3.8, 4) is 11.1 Å². The number of aryl methyl sites for hydroxylation is 2. The molecule has 9 heteroatoms. The standard InChI is InChI=1S/C31H28F3N5O/c1-4-20-8-9-21(19(2)12-29(40)23-6-5-7-25(14-23)31(32,33)34)15-27(20)22-10-11-28-24(13-22)16-35-30(38-28)37-26-17-36-39(3)18-26/h5-11,13-19H,4,12H2,1-3H3,(H,35,37,38). The van der Waals surface area contributed by atoms with Crippen LogP contribution in [0, 0.1) is 0 Å². The van der Waals surface area contributed by atoms with Crippen molar-refractivity contribution in [2.45, 2.75) is 38.8 Å². The molecule has 40 heavy (non-hydrogen) atoms. The molecular formula is C31H28F3N5O. The highest BCUT2D eigenvalue weighted by Crippen LogP contribution is 2.33. The van der Waals surface area contributed by atoms with Crippen LogP contribution in [0.15, 0.2) is 79.3 Å². The predicted octanol–water partition coefficient (Wildman–Crippen LogP) is 7.73. The number of nitrogens with zero attached hydrogens (tertiary/aromatic N) is 4. The van der Waals surface area contributed by atoms with Gasteiger partial charge < -0.3 is 5.32 Å². The molecule has 5 rings (SSSR count). The number of carbonyl (C=O) groups excluding carboxylic acids is 1. The van der Waals surface area contributed by atoms with Crippen LogP contribution in [0.1, 0.15) is 53.2 Å². The van der Waals surface area contributed by atoms with Crippen molar-refractivity contribution in [3.05, 3.63) is 102 Å². The summed E-state index contributed by atoms with van der Waals surface area (Å²) in [5.41, 5.74) is 4.97. The van der Waals surface area contributed by atoms with Crippen molar-refractivity contribution in [1.29, 1.82) is 0 Å². The number of halogens is 3. The first-order valence-electron chi connectivity index (χ1n) is 13.0. The molecule has 5 aromatic rings. The molecule has 0 spiro atoms. The number of carbonyl (C=O) groups is 1. The van der Waals surface area contributed by atoms with E-state index >= 15 is 0 Å². The maximum atomic E-state index is 13.1. The second-order valence-electron chi connectivity index (χ2n) is 9.87. The largest absolute Gasteiger partial charge is 0.416 e. The minimum atomic E-state index is -4.49. The van der Waals surface area contributed by atoms with E-state index in [0.29, 0.717) is 5.95 Å². The summed E-state index contributed by atoms with van der Waals surface area (Å²) in [6.45, 7) is 4.00. The molecular weight excluding hydrogens is 515 g/mol. The topological polar surface area (TPSA) is 72.7 Å². The molecule has 0 bridgehead atoms. The molecule has 1 atom stereocenters. The van der Waals surface area contributed by atoms with Gasteiger partial charge in [-0.25, -0.2) is 9.97 Å². The van der Waals surface area contributed by atoms with Crippen molar-refractivity contribution >= 4 is 28.3 Å². The number of fused-ring (bicyclic) bond motifs is 1. The van der Waals surface area contributed by atoms with Gasteiger partial charge in [-0.05, 0) is 58.9 Å². The molecule has 0 aliphatic rings. The van der Waals surface area contributed by atoms with Crippen LogP contribution in [0.3, 0.4) is 0 Å². The number of benzene rings is 3. The normalized spacial score (nSPS) is 12.4. The van der Waals surface area contributed by atoms with Gasteiger partial charge in [0.05, 0.1) is 23.0 Å². The Morgan fingerprint density at radius 2 is 1.88 bits per heavy atom. The lowest BCUT2D eigenvalue weighted by Gasteiger charge is -2.16. The van der Waals surface area contributed by atoms with Crippen LogP contribution in [-0.4, -0.2) is 25.5 Å². The molecule has 2 aromatic heterocycles. The number of Topliss-reactive ketones (excluding diaryl/α,β-unsaturated/α-hetero) is 1. The van der Waals surface area contributed by atoms with E-state index < -0.39 is 11.7 Å². The van der Waals surface area contributed by atoms with Crippen LogP contribution < -0.4 is 5.32 Å². The number of aromatic nitrogens is 4. The maximum Gasteiger partial charge on any atom is 0.416 e. The number of hydrogen-bond donors (Lipinski definition) is 1. The lowest BCUT2D eigenvalue weighted by atomic mass is 9.88. The first-order valence-corrected chi connectivity index (χ1v) is 13.0. The van der Waals surface area contributed by atoms with Gasteiger partial charge >= 0.3 is 6.18 Å². The fourth-order valence-corrected chi connectivity index (χ4v) is 4.74. The van der Waals surface area contributed by atoms with Gasteiger partial charge in [-0.1, -0.05) is 50.2 Å². The molecule has 204 valence electrons. The Hall–Kier alpha value is -4.53. The summed E-state index contributed by atoms with van der Waals surface area (Å²) in [6.07, 6.45) is 1.74. The third kappa shape index (κ3) is 5.88. The molecule has 6 nitrogen and oxygen atoms in total. The molecule has 0 amide bonds. The Morgan fingerprint density at radius 3 is 2.60 bits per heavy atom. The van der Waals surface area contributed by atoms with E-state index in [1.165, 1.54) is 12.1 Å². The monoisotopic (exact) mass is 543 g/mol. The number of ketones is 1. The van der Waals surface area contributed by atoms with Gasteiger partial charge in [0.15, 0.2) is 5.78 Å². The molecule has 3 aromatic carbocycles. The van der Waals surface area contributed by atoms with Crippen molar-refractivity contribution in [2.24, 2.45) is 7.05 Å². The zero-order valence-electron chi connectivity index (χ0n) is 22.3. The summed E-state index contributed by atoms with van der Waals surface area (Å²) in [4.78, 5) is 22.0. The highest BCUT2D eigenvalue weighted by Gasteiger charge is 2.31. The van der Waals surface area contributed by atoms with Gasteiger partial charge in [-0.3, -0.25) is 9.48 Å². The van der Waals surface area contributed by atoms with E-state index in [1.807, 2.05) is 44.4 Å². The lowest BCUT2D eigenvalue weighted by Crippen LogP contribution is -2.09. The maximum absolute atomic E-state index is 13.1. The molecule has 1 unspecified atom stereocenters. The van der Waals surface area contributed by atoms with Crippen LogP contribution in [0.4, 0.5) is 24.8 Å². The third-order valence-electron chi connectivity index (χ3n) is 6.94. The van der Waals surface area contributed by atoms with E-state index in [4.69, 9.17) is 0 Å². The first kappa shape index (κ1) is 27.1. The van der Waals surface area contributed by atoms with Crippen LogP contribution in [0.5, 0.6) is 0 Å². The first-order chi connectivity index (χ1) is 19.1. The minimum absolute atomic E-state index is 0.0685. The van der Waals surface area contributed by atoms with Gasteiger partial charge in [0.2, 0.25) is 5.95 Å². The Kier molecular flexibility index (Phi) is 7.38. The number of alkyl halides is 3. The van der Waals surface area contributed by atoms with Gasteiger partial charge in [-0.2, -0.15) is 18.3 Å². The smallest absolute Gasteiger partial charge is 0.321 e. The van der Waals surface area contributed by atoms with Crippen LogP contribution in [0.2, 0.25) is 0 Å². The molecule has 0 aliphatic carbocycles. The molecule has 0 aliphatic heterocycles. The number of hydrogen-bond acceptors (Lipinski definition) is 5. The zero-order valence-corrected chi connectivity index (χ0v) is 22.3. The molecule has 0 saturated carbocycles. The second kappa shape index (κ2) is 10.9. The van der Waals surface area contributed by atoms with Crippen molar-refractivity contribution in [1.82, 2.24) is 19.7 Å². The number of rotatable bonds is 8. The van der Waals surface area contributed by atoms with Crippen LogP contribution >= 0.6 is 0 Å². The van der Waals surface area contributed by atoms with Crippen molar-refractivity contribution < 1.29 is 18.0 Å². The fraction of sp³-hybridized carbons (Fsp3) is 0.226. The van der Waals surface area contributed by atoms with Crippen molar-refractivity contribution in [2.75, 3.05) is 5.32 Å². The lowest BCUT2D eigenvalue weighted by molar-refractivity contribution is -0.137. The Morgan fingerprint density at radius 1 is 1.05 bits per heavy atom. The molecule has 2 heterocycles. The molecule has 0 saturated heterocycles. The summed E-state index contributed by atoms with van der Waals surface area (Å²) >= 11 is 0. The fourth-order valence-electron chi connectivity index (χ4n) is 4.74. The van der Waals surface area contributed by atoms with E-state index in [-0.39, 0.29) is 23.7 Å². The van der Waals surface area contributed by atoms with Gasteiger partial charge in [0.1, 0.15) is 0 Å². The van der Waals surface area contributed by atoms with E-state index in [2.05, 4.69) is 39.4 Å². The average molecular weight is 544 g/mol. The quantitative estimate of drug-likeness (QED) is 0.203. The van der Waals surface area contributed by atoms with E-state index in [9.17, 15) is 18.0 Å². The van der Waals surface area contributed by atoms with Crippen LogP contribution in [-0.2, 0) is 19.6 Å². The molecule has 0 radical (unpaired) electrons. The van der Waals surface area contributed by atoms with E-state index in [1.54, 1.807) is 17.1 Å². The Balaban J connectivity index is 1.39. The summed E-state index contributed by atoms with van der Waals surface area (Å²) in [5.74, 6) is -0.0291. The highest BCUT2D eigenvalue weighted by molar-refractivity contribution is 5.96.